The maximum Gasteiger partial charge on any atom is 0.262 e. The van der Waals surface area contributed by atoms with Crippen LogP contribution in [0.25, 0.3) is 10.2 Å². The first-order valence-corrected chi connectivity index (χ1v) is 8.87. The molecule has 0 aliphatic heterocycles. The number of hydrogen-bond donors (Lipinski definition) is 1. The summed E-state index contributed by atoms with van der Waals surface area (Å²) in [4.78, 5) is 30.6. The maximum absolute atomic E-state index is 12.8. The van der Waals surface area contributed by atoms with Gasteiger partial charge in [0.2, 0.25) is 5.91 Å². The number of rotatable bonds is 6. The number of carbonyl (C=O) groups is 1. The predicted molar refractivity (Wildman–Crippen MR) is 96.4 cm³/mol. The van der Waals surface area contributed by atoms with Crippen LogP contribution in [0.3, 0.4) is 0 Å². The maximum atomic E-state index is 12.8. The van der Waals surface area contributed by atoms with E-state index in [4.69, 9.17) is 0 Å². The third kappa shape index (κ3) is 4.11. The number of aromatic nitrogens is 2. The Morgan fingerprint density at radius 3 is 2.80 bits per heavy atom. The lowest BCUT2D eigenvalue weighted by Gasteiger charge is -2.07. The minimum absolute atomic E-state index is 0.0670. The van der Waals surface area contributed by atoms with Crippen molar-refractivity contribution in [1.29, 1.82) is 0 Å². The van der Waals surface area contributed by atoms with E-state index in [1.807, 2.05) is 13.0 Å². The van der Waals surface area contributed by atoms with Crippen LogP contribution in [0.5, 0.6) is 0 Å². The third-order valence-electron chi connectivity index (χ3n) is 3.88. The highest BCUT2D eigenvalue weighted by Crippen LogP contribution is 2.20. The first-order chi connectivity index (χ1) is 12.1. The van der Waals surface area contributed by atoms with Crippen molar-refractivity contribution in [3.63, 3.8) is 0 Å². The second-order valence-corrected chi connectivity index (χ2v) is 6.80. The molecule has 2 aromatic heterocycles. The summed E-state index contributed by atoms with van der Waals surface area (Å²) in [5.41, 5.74) is 0.738. The van der Waals surface area contributed by atoms with E-state index < -0.39 is 0 Å². The van der Waals surface area contributed by atoms with E-state index in [2.05, 4.69) is 10.3 Å². The standard InChI is InChI=1S/C18H18FN3O2S/c1-2-14-9-15-17(25-14)21-11-22(18(15)24)10-16(23)20-8-7-12-3-5-13(19)6-4-12/h3-6,9,11H,2,7-8,10H2,1H3,(H,20,23). The lowest BCUT2D eigenvalue weighted by Crippen LogP contribution is -2.33. The predicted octanol–water partition coefficient (Wildman–Crippen LogP) is 2.52. The minimum atomic E-state index is -0.283. The Hall–Kier alpha value is -2.54. The zero-order valence-corrected chi connectivity index (χ0v) is 14.6. The van der Waals surface area contributed by atoms with Gasteiger partial charge in [0.1, 0.15) is 17.2 Å². The first-order valence-electron chi connectivity index (χ1n) is 8.06. The van der Waals surface area contributed by atoms with Crippen LogP contribution in [0, 0.1) is 5.82 Å². The number of fused-ring (bicyclic) bond motifs is 1. The van der Waals surface area contributed by atoms with Gasteiger partial charge in [-0.25, -0.2) is 9.37 Å². The van der Waals surface area contributed by atoms with E-state index >= 15 is 0 Å². The minimum Gasteiger partial charge on any atom is -0.354 e. The molecule has 130 valence electrons. The molecule has 0 fully saturated rings. The largest absolute Gasteiger partial charge is 0.354 e. The fraction of sp³-hybridized carbons (Fsp3) is 0.278. The number of hydrogen-bond acceptors (Lipinski definition) is 4. The molecule has 1 amide bonds. The Morgan fingerprint density at radius 1 is 1.32 bits per heavy atom. The van der Waals surface area contributed by atoms with Gasteiger partial charge in [0, 0.05) is 11.4 Å². The normalized spacial score (nSPS) is 11.0. The average molecular weight is 359 g/mol. The van der Waals surface area contributed by atoms with E-state index in [0.29, 0.717) is 23.2 Å². The van der Waals surface area contributed by atoms with Crippen LogP contribution in [0.4, 0.5) is 4.39 Å². The highest BCUT2D eigenvalue weighted by molar-refractivity contribution is 7.18. The fourth-order valence-electron chi connectivity index (χ4n) is 2.50. The summed E-state index contributed by atoms with van der Waals surface area (Å²) in [5.74, 6) is -0.536. The highest BCUT2D eigenvalue weighted by Gasteiger charge is 2.10. The van der Waals surface area contributed by atoms with Crippen LogP contribution < -0.4 is 10.9 Å². The van der Waals surface area contributed by atoms with Crippen LogP contribution in [0.2, 0.25) is 0 Å². The quantitative estimate of drug-likeness (QED) is 0.736. The fourth-order valence-corrected chi connectivity index (χ4v) is 3.43. The smallest absolute Gasteiger partial charge is 0.262 e. The summed E-state index contributed by atoms with van der Waals surface area (Å²) in [6, 6.07) is 8.00. The average Bonchev–Trinajstić information content (AvgIpc) is 3.03. The zero-order valence-electron chi connectivity index (χ0n) is 13.8. The van der Waals surface area contributed by atoms with Gasteiger partial charge in [-0.1, -0.05) is 19.1 Å². The van der Waals surface area contributed by atoms with Crippen LogP contribution in [-0.4, -0.2) is 22.0 Å². The second-order valence-electron chi connectivity index (χ2n) is 5.69. The molecule has 0 aliphatic carbocycles. The molecule has 0 spiro atoms. The van der Waals surface area contributed by atoms with Gasteiger partial charge in [0.15, 0.2) is 0 Å². The van der Waals surface area contributed by atoms with Crippen molar-refractivity contribution in [1.82, 2.24) is 14.9 Å². The summed E-state index contributed by atoms with van der Waals surface area (Å²) >= 11 is 1.50. The Kier molecular flexibility index (Phi) is 5.23. The van der Waals surface area contributed by atoms with E-state index in [-0.39, 0.29) is 23.8 Å². The molecule has 5 nitrogen and oxygen atoms in total. The molecule has 0 saturated carbocycles. The Balaban J connectivity index is 1.60. The third-order valence-corrected chi connectivity index (χ3v) is 5.07. The van der Waals surface area contributed by atoms with Crippen LogP contribution in [0.15, 0.2) is 41.5 Å². The van der Waals surface area contributed by atoms with Gasteiger partial charge in [0.05, 0.1) is 11.7 Å². The molecule has 3 aromatic rings. The van der Waals surface area contributed by atoms with Crippen LogP contribution >= 0.6 is 11.3 Å². The zero-order chi connectivity index (χ0) is 17.8. The summed E-state index contributed by atoms with van der Waals surface area (Å²) < 4.78 is 14.2. The van der Waals surface area contributed by atoms with Crippen molar-refractivity contribution in [3.8, 4) is 0 Å². The van der Waals surface area contributed by atoms with Crippen LogP contribution in [0.1, 0.15) is 17.4 Å². The molecule has 7 heteroatoms. The van der Waals surface area contributed by atoms with Gasteiger partial charge in [-0.3, -0.25) is 14.2 Å². The SMILES string of the molecule is CCc1cc2c(=O)n(CC(=O)NCCc3ccc(F)cc3)cnc2s1. The lowest BCUT2D eigenvalue weighted by atomic mass is 10.1. The summed E-state index contributed by atoms with van der Waals surface area (Å²) in [5, 5.41) is 3.33. The molecular formula is C18H18FN3O2S. The van der Waals surface area contributed by atoms with E-state index in [1.54, 1.807) is 12.1 Å². The van der Waals surface area contributed by atoms with Crippen LogP contribution in [-0.2, 0) is 24.2 Å². The molecular weight excluding hydrogens is 341 g/mol. The number of halogens is 1. The molecule has 25 heavy (non-hydrogen) atoms. The van der Waals surface area contributed by atoms with Gasteiger partial charge in [-0.2, -0.15) is 0 Å². The highest BCUT2D eigenvalue weighted by atomic mass is 32.1. The van der Waals surface area contributed by atoms with Crippen molar-refractivity contribution >= 4 is 27.5 Å². The topological polar surface area (TPSA) is 64.0 Å². The van der Waals surface area contributed by atoms with E-state index in [0.717, 1.165) is 16.9 Å². The number of amides is 1. The first kappa shape index (κ1) is 17.3. The van der Waals surface area contributed by atoms with Gasteiger partial charge in [-0.05, 0) is 36.6 Å². The van der Waals surface area contributed by atoms with Crippen molar-refractivity contribution in [3.05, 3.63) is 63.3 Å². The van der Waals surface area contributed by atoms with Gasteiger partial charge in [-0.15, -0.1) is 11.3 Å². The molecule has 3 rings (SSSR count). The van der Waals surface area contributed by atoms with Crippen molar-refractivity contribution in [2.75, 3.05) is 6.54 Å². The Morgan fingerprint density at radius 2 is 2.08 bits per heavy atom. The molecule has 0 unspecified atom stereocenters. The van der Waals surface area contributed by atoms with Gasteiger partial charge < -0.3 is 5.32 Å². The van der Waals surface area contributed by atoms with Crippen molar-refractivity contribution < 1.29 is 9.18 Å². The summed E-state index contributed by atoms with van der Waals surface area (Å²) in [6.45, 7) is 2.38. The molecule has 0 radical (unpaired) electrons. The molecule has 0 bridgehead atoms. The number of carbonyl (C=O) groups excluding carboxylic acids is 1. The van der Waals surface area contributed by atoms with E-state index in [1.165, 1.54) is 34.4 Å². The van der Waals surface area contributed by atoms with Gasteiger partial charge >= 0.3 is 0 Å². The number of aryl methyl sites for hydroxylation is 1. The molecule has 1 N–H and O–H groups in total. The number of nitrogens with zero attached hydrogens (tertiary/aromatic N) is 2. The number of nitrogens with one attached hydrogen (secondary N) is 1. The number of benzene rings is 1. The number of thiophene rings is 1. The van der Waals surface area contributed by atoms with Crippen molar-refractivity contribution in [2.45, 2.75) is 26.3 Å². The lowest BCUT2D eigenvalue weighted by molar-refractivity contribution is -0.121. The molecule has 1 aromatic carbocycles. The molecule has 2 heterocycles. The second kappa shape index (κ2) is 7.57. The summed E-state index contributed by atoms with van der Waals surface area (Å²) in [6.07, 6.45) is 2.87. The Labute approximate surface area is 148 Å². The molecule has 0 atom stereocenters. The van der Waals surface area contributed by atoms with Gasteiger partial charge in [0.25, 0.3) is 5.56 Å². The molecule has 0 saturated heterocycles. The van der Waals surface area contributed by atoms with E-state index in [9.17, 15) is 14.0 Å². The monoisotopic (exact) mass is 359 g/mol. The molecule has 0 aliphatic rings. The van der Waals surface area contributed by atoms with Crippen molar-refractivity contribution in [2.24, 2.45) is 0 Å². The summed E-state index contributed by atoms with van der Waals surface area (Å²) in [7, 11) is 0. The Bertz CT molecular complexity index is 947.